The van der Waals surface area contributed by atoms with Crippen molar-refractivity contribution in [2.75, 3.05) is 19.8 Å². The Balaban J connectivity index is 1.39. The smallest absolute Gasteiger partial charge is 0.459 e. The SMILES string of the molecule is CCCCCC[C@@H](C)OC(=O)c1ccc(-c2ccc(OC(=O)c3ccc(OCCCCCCCOCC(F)(F)C(F)(F)C(F)(F)F)c(F)c3F)cc2)cc1. The molecule has 0 aliphatic carbocycles. The van der Waals surface area contributed by atoms with Gasteiger partial charge in [-0.05, 0) is 80.1 Å². The zero-order valence-corrected chi connectivity index (χ0v) is 29.9. The van der Waals surface area contributed by atoms with Gasteiger partial charge < -0.3 is 18.9 Å². The Morgan fingerprint density at radius 1 is 0.667 bits per heavy atom. The van der Waals surface area contributed by atoms with Gasteiger partial charge in [-0.25, -0.2) is 14.0 Å². The maximum absolute atomic E-state index is 14.8. The van der Waals surface area contributed by atoms with E-state index in [0.717, 1.165) is 55.4 Å². The van der Waals surface area contributed by atoms with Crippen molar-refractivity contribution in [2.24, 2.45) is 0 Å². The fourth-order valence-corrected chi connectivity index (χ4v) is 5.16. The van der Waals surface area contributed by atoms with Crippen molar-refractivity contribution >= 4 is 11.9 Å². The third kappa shape index (κ3) is 12.7. The lowest BCUT2D eigenvalue weighted by Gasteiger charge is -2.27. The van der Waals surface area contributed by atoms with Crippen molar-refractivity contribution in [2.45, 2.75) is 102 Å². The first-order valence-electron chi connectivity index (χ1n) is 17.6. The second-order valence-corrected chi connectivity index (χ2v) is 12.7. The summed E-state index contributed by atoms with van der Waals surface area (Å²) in [6.07, 6.45) is 0.364. The van der Waals surface area contributed by atoms with Gasteiger partial charge in [-0.15, -0.1) is 0 Å². The molecule has 0 aliphatic rings. The van der Waals surface area contributed by atoms with Crippen LogP contribution >= 0.6 is 0 Å². The number of carbonyl (C=O) groups is 2. The topological polar surface area (TPSA) is 71.1 Å². The lowest BCUT2D eigenvalue weighted by atomic mass is 10.0. The number of carbonyl (C=O) groups excluding carboxylic acids is 2. The molecule has 0 bridgehead atoms. The zero-order chi connectivity index (χ0) is 39.9. The normalized spacial score (nSPS) is 12.7. The molecule has 0 aliphatic heterocycles. The van der Waals surface area contributed by atoms with Crippen LogP contribution in [0.4, 0.5) is 39.5 Å². The number of esters is 2. The highest BCUT2D eigenvalue weighted by Gasteiger charge is 2.73. The molecule has 0 radical (unpaired) electrons. The molecule has 0 N–H and O–H groups in total. The molecule has 0 heterocycles. The lowest BCUT2D eigenvalue weighted by molar-refractivity contribution is -0.361. The van der Waals surface area contributed by atoms with Gasteiger partial charge in [-0.3, -0.25) is 0 Å². The summed E-state index contributed by atoms with van der Waals surface area (Å²) in [5.41, 5.74) is 1.27. The van der Waals surface area contributed by atoms with E-state index >= 15 is 0 Å². The van der Waals surface area contributed by atoms with Crippen LogP contribution in [0.15, 0.2) is 60.7 Å². The van der Waals surface area contributed by atoms with E-state index in [-0.39, 0.29) is 24.9 Å². The molecule has 3 rings (SSSR count). The van der Waals surface area contributed by atoms with E-state index in [1.54, 1.807) is 36.4 Å². The van der Waals surface area contributed by atoms with Crippen molar-refractivity contribution in [3.8, 4) is 22.6 Å². The molecule has 0 aromatic heterocycles. The molecular formula is C39H43F9O6. The molecular weight excluding hydrogens is 735 g/mol. The summed E-state index contributed by atoms with van der Waals surface area (Å²) in [4.78, 5) is 25.2. The second kappa shape index (κ2) is 20.4. The fourth-order valence-electron chi connectivity index (χ4n) is 5.16. The van der Waals surface area contributed by atoms with Gasteiger partial charge in [0, 0.05) is 6.61 Å². The molecule has 0 amide bonds. The molecule has 15 heteroatoms. The number of alkyl halides is 7. The van der Waals surface area contributed by atoms with Gasteiger partial charge in [0.05, 0.1) is 23.8 Å². The summed E-state index contributed by atoms with van der Waals surface area (Å²) in [6.45, 7) is 1.41. The number of rotatable bonds is 22. The van der Waals surface area contributed by atoms with E-state index in [1.807, 2.05) is 6.92 Å². The average molecular weight is 779 g/mol. The molecule has 3 aromatic carbocycles. The number of hydrogen-bond acceptors (Lipinski definition) is 6. The fraction of sp³-hybridized carbons (Fsp3) is 0.487. The number of ether oxygens (including phenoxy) is 4. The largest absolute Gasteiger partial charge is 0.490 e. The van der Waals surface area contributed by atoms with E-state index in [1.165, 1.54) is 12.1 Å². The van der Waals surface area contributed by atoms with Crippen molar-refractivity contribution in [1.29, 1.82) is 0 Å². The van der Waals surface area contributed by atoms with Crippen LogP contribution in [0, 0.1) is 11.6 Å². The van der Waals surface area contributed by atoms with Gasteiger partial charge in [-0.1, -0.05) is 69.7 Å². The highest BCUT2D eigenvalue weighted by Crippen LogP contribution is 2.46. The first-order chi connectivity index (χ1) is 25.5. The Labute approximate surface area is 307 Å². The lowest BCUT2D eigenvalue weighted by Crippen LogP contribution is -2.54. The Bertz CT molecular complexity index is 1630. The molecule has 298 valence electrons. The minimum absolute atomic E-state index is 0.0487. The summed E-state index contributed by atoms with van der Waals surface area (Å²) in [5, 5.41) is 0. The highest BCUT2D eigenvalue weighted by atomic mass is 19.4. The van der Waals surface area contributed by atoms with Crippen LogP contribution in [0.25, 0.3) is 11.1 Å². The summed E-state index contributed by atoms with van der Waals surface area (Å²) >= 11 is 0. The molecule has 6 nitrogen and oxygen atoms in total. The van der Waals surface area contributed by atoms with E-state index in [2.05, 4.69) is 11.7 Å². The van der Waals surface area contributed by atoms with Crippen LogP contribution in [-0.4, -0.2) is 55.9 Å². The van der Waals surface area contributed by atoms with Gasteiger partial charge in [0.15, 0.2) is 11.6 Å². The number of hydrogen-bond donors (Lipinski definition) is 0. The monoisotopic (exact) mass is 778 g/mol. The van der Waals surface area contributed by atoms with E-state index < -0.39 is 66.1 Å². The van der Waals surface area contributed by atoms with Crippen LogP contribution in [-0.2, 0) is 9.47 Å². The van der Waals surface area contributed by atoms with Crippen molar-refractivity contribution < 1.29 is 68.1 Å². The minimum Gasteiger partial charge on any atom is -0.490 e. The molecule has 54 heavy (non-hydrogen) atoms. The molecule has 0 spiro atoms. The Morgan fingerprint density at radius 2 is 1.24 bits per heavy atom. The number of benzene rings is 3. The summed E-state index contributed by atoms with van der Waals surface area (Å²) in [7, 11) is 0. The third-order valence-corrected chi connectivity index (χ3v) is 8.35. The molecule has 0 unspecified atom stereocenters. The predicted octanol–water partition coefficient (Wildman–Crippen LogP) is 11.5. The van der Waals surface area contributed by atoms with Crippen molar-refractivity contribution in [1.82, 2.24) is 0 Å². The zero-order valence-electron chi connectivity index (χ0n) is 29.9. The van der Waals surface area contributed by atoms with Gasteiger partial charge in [-0.2, -0.15) is 35.1 Å². The minimum atomic E-state index is -6.41. The first-order valence-corrected chi connectivity index (χ1v) is 17.6. The van der Waals surface area contributed by atoms with E-state index in [0.29, 0.717) is 31.2 Å². The Kier molecular flexibility index (Phi) is 16.7. The molecule has 1 atom stereocenters. The van der Waals surface area contributed by atoms with Gasteiger partial charge in [0.2, 0.25) is 5.82 Å². The number of unbranched alkanes of at least 4 members (excludes halogenated alkanes) is 7. The molecule has 0 fully saturated rings. The van der Waals surface area contributed by atoms with Gasteiger partial charge in [0.1, 0.15) is 12.4 Å². The quantitative estimate of drug-likeness (QED) is 0.0438. The van der Waals surface area contributed by atoms with E-state index in [9.17, 15) is 49.1 Å². The highest BCUT2D eigenvalue weighted by molar-refractivity contribution is 5.92. The van der Waals surface area contributed by atoms with Gasteiger partial charge >= 0.3 is 30.0 Å². The van der Waals surface area contributed by atoms with Crippen LogP contribution in [0.5, 0.6) is 11.5 Å². The van der Waals surface area contributed by atoms with Crippen molar-refractivity contribution in [3.05, 3.63) is 83.4 Å². The molecule has 0 saturated carbocycles. The standard InChI is InChI=1S/C39H43F9O6/c1-3-4-5-9-12-26(2)53-35(49)29-15-13-27(14-16-29)28-17-19-30(20-18-28)54-36(50)31-21-22-32(34(41)33(31)40)52-24-11-8-6-7-10-23-51-25-37(42,43)38(44,45)39(46,47)48/h13-22,26H,3-12,23-25H2,1-2H3/t26-/m1/s1. The van der Waals surface area contributed by atoms with Crippen LogP contribution in [0.3, 0.4) is 0 Å². The number of halogens is 9. The van der Waals surface area contributed by atoms with E-state index in [4.69, 9.17) is 14.2 Å². The molecule has 3 aromatic rings. The van der Waals surface area contributed by atoms with Crippen molar-refractivity contribution in [3.63, 3.8) is 0 Å². The summed E-state index contributed by atoms with van der Waals surface area (Å²) < 4.78 is 138. The van der Waals surface area contributed by atoms with Crippen LogP contribution in [0.2, 0.25) is 0 Å². The summed E-state index contributed by atoms with van der Waals surface area (Å²) in [5.74, 6) is -16.4. The van der Waals surface area contributed by atoms with Gasteiger partial charge in [0.25, 0.3) is 0 Å². The second-order valence-electron chi connectivity index (χ2n) is 12.7. The molecule has 0 saturated heterocycles. The average Bonchev–Trinajstić information content (AvgIpc) is 3.12. The maximum atomic E-state index is 14.8. The maximum Gasteiger partial charge on any atom is 0.459 e. The Morgan fingerprint density at radius 3 is 1.85 bits per heavy atom. The van der Waals surface area contributed by atoms with Crippen LogP contribution in [0.1, 0.15) is 98.8 Å². The van der Waals surface area contributed by atoms with Crippen LogP contribution < -0.4 is 9.47 Å². The summed E-state index contributed by atoms with van der Waals surface area (Å²) in [6, 6.07) is 15.2. The third-order valence-electron chi connectivity index (χ3n) is 8.35. The first kappa shape index (κ1) is 44.1. The predicted molar refractivity (Wildman–Crippen MR) is 182 cm³/mol. The Hall–Kier alpha value is -4.27.